The van der Waals surface area contributed by atoms with Crippen LogP contribution in [0.1, 0.15) is 162 Å². The Kier molecular flexibility index (Phi) is 36.8. The molecule has 0 bridgehead atoms. The van der Waals surface area contributed by atoms with Crippen LogP contribution in [-0.2, 0) is 27.9 Å². The fourth-order valence-corrected chi connectivity index (χ4v) is 5.79. The molecule has 8 nitrogen and oxygen atoms in total. The molecule has 0 radical (unpaired) electrons. The molecule has 2 unspecified atom stereocenters. The largest absolute Gasteiger partial charge is 0.498 e. The minimum Gasteiger partial charge on any atom is -0.498 e. The van der Waals surface area contributed by atoms with Gasteiger partial charge in [0.05, 0.1) is 19.5 Å². The van der Waals surface area contributed by atoms with Crippen LogP contribution >= 0.6 is 7.82 Å². The van der Waals surface area contributed by atoms with E-state index in [1.807, 2.05) is 6.08 Å². The van der Waals surface area contributed by atoms with E-state index in [2.05, 4.69) is 62.5 Å². The summed E-state index contributed by atoms with van der Waals surface area (Å²) in [6.07, 6.45) is 46.1. The Morgan fingerprint density at radius 2 is 1.08 bits per heavy atom. The summed E-state index contributed by atoms with van der Waals surface area (Å²) in [5.74, 6) is -0.394. The summed E-state index contributed by atoms with van der Waals surface area (Å²) < 4.78 is 33.0. The molecule has 0 heterocycles. The van der Waals surface area contributed by atoms with Crippen molar-refractivity contribution in [2.24, 2.45) is 5.73 Å². The molecule has 0 aromatic carbocycles. The highest BCUT2D eigenvalue weighted by Crippen LogP contribution is 2.43. The maximum atomic E-state index is 12.5. The van der Waals surface area contributed by atoms with Gasteiger partial charge in [-0.3, -0.25) is 13.8 Å². The molecule has 0 amide bonds. The molecule has 0 aromatic heterocycles. The van der Waals surface area contributed by atoms with Gasteiger partial charge in [-0.15, -0.1) is 0 Å². The van der Waals surface area contributed by atoms with E-state index < -0.39 is 19.9 Å². The lowest BCUT2D eigenvalue weighted by molar-refractivity contribution is -0.153. The van der Waals surface area contributed by atoms with Gasteiger partial charge in [-0.1, -0.05) is 120 Å². The first-order chi connectivity index (χ1) is 24.4. The third-order valence-electron chi connectivity index (χ3n) is 7.97. The molecule has 0 fully saturated rings. The molecule has 50 heavy (non-hydrogen) atoms. The van der Waals surface area contributed by atoms with E-state index in [1.54, 1.807) is 6.26 Å². The SMILES string of the molecule is CCCCCC=CCC=CCC=CCCCCC(=O)OC(COC=CCCCCCCCCC=CCCCCCC)COP(=O)(O)OCCN. The second-order valence-electron chi connectivity index (χ2n) is 12.8. The van der Waals surface area contributed by atoms with Gasteiger partial charge in [-0.25, -0.2) is 4.57 Å². The molecule has 2 atom stereocenters. The molecular weight excluding hydrogens is 649 g/mol. The number of phosphoric ester groups is 1. The van der Waals surface area contributed by atoms with Crippen LogP contribution in [-0.4, -0.2) is 43.3 Å². The molecule has 0 spiro atoms. The highest BCUT2D eigenvalue weighted by molar-refractivity contribution is 7.47. The van der Waals surface area contributed by atoms with Gasteiger partial charge in [0.2, 0.25) is 0 Å². The van der Waals surface area contributed by atoms with Gasteiger partial charge in [0.15, 0.2) is 6.10 Å². The third kappa shape index (κ3) is 37.3. The standard InChI is InChI=1S/C41H74NO7P/c1-3-5-7-9-11-13-15-17-19-21-23-25-27-29-31-33-36-46-38-40(39-48-50(44,45)47-37-35-42)49-41(43)34-32-30-28-26-24-22-20-18-16-14-12-10-8-6-4-2/h12-15,18,20,24,26,33,36,40H,3-11,16-17,19,21-23,25,27-32,34-35,37-39,42H2,1-2H3,(H,44,45). The van der Waals surface area contributed by atoms with E-state index in [0.717, 1.165) is 38.5 Å². The predicted octanol–water partition coefficient (Wildman–Crippen LogP) is 11.8. The van der Waals surface area contributed by atoms with E-state index in [1.165, 1.54) is 96.3 Å². The van der Waals surface area contributed by atoms with Crippen LogP contribution in [0.25, 0.3) is 0 Å². The van der Waals surface area contributed by atoms with Crippen molar-refractivity contribution in [3.63, 3.8) is 0 Å². The summed E-state index contributed by atoms with van der Waals surface area (Å²) in [6.45, 7) is 4.13. The lowest BCUT2D eigenvalue weighted by Crippen LogP contribution is -2.27. The molecule has 0 aliphatic rings. The minimum atomic E-state index is -4.30. The number of carbonyl (C=O) groups is 1. The van der Waals surface area contributed by atoms with E-state index in [4.69, 9.17) is 24.3 Å². The summed E-state index contributed by atoms with van der Waals surface area (Å²) >= 11 is 0. The summed E-state index contributed by atoms with van der Waals surface area (Å²) in [7, 11) is -4.30. The zero-order valence-electron chi connectivity index (χ0n) is 31.9. The average molecular weight is 724 g/mol. The zero-order valence-corrected chi connectivity index (χ0v) is 32.8. The topological polar surface area (TPSA) is 117 Å². The average Bonchev–Trinajstić information content (AvgIpc) is 3.10. The summed E-state index contributed by atoms with van der Waals surface area (Å²) in [5, 5.41) is 0. The fraction of sp³-hybridized carbons (Fsp3) is 0.732. The number of esters is 1. The number of phosphoric acid groups is 1. The zero-order chi connectivity index (χ0) is 36.6. The number of nitrogens with two attached hydrogens (primary N) is 1. The monoisotopic (exact) mass is 724 g/mol. The molecule has 290 valence electrons. The summed E-state index contributed by atoms with van der Waals surface area (Å²) in [4.78, 5) is 22.4. The molecular formula is C41H74NO7P. The maximum Gasteiger partial charge on any atom is 0.472 e. The third-order valence-corrected chi connectivity index (χ3v) is 8.96. The van der Waals surface area contributed by atoms with Crippen LogP contribution in [0.3, 0.4) is 0 Å². The van der Waals surface area contributed by atoms with Gasteiger partial charge < -0.3 is 20.1 Å². The van der Waals surface area contributed by atoms with E-state index in [0.29, 0.717) is 6.42 Å². The Labute approximate surface area is 306 Å². The van der Waals surface area contributed by atoms with Crippen LogP contribution in [0.5, 0.6) is 0 Å². The highest BCUT2D eigenvalue weighted by atomic mass is 31.2. The van der Waals surface area contributed by atoms with Gasteiger partial charge in [0, 0.05) is 13.0 Å². The van der Waals surface area contributed by atoms with Gasteiger partial charge in [-0.2, -0.15) is 0 Å². The summed E-state index contributed by atoms with van der Waals surface area (Å²) in [6, 6.07) is 0. The Morgan fingerprint density at radius 3 is 1.66 bits per heavy atom. The first-order valence-corrected chi connectivity index (χ1v) is 21.3. The highest BCUT2D eigenvalue weighted by Gasteiger charge is 2.25. The van der Waals surface area contributed by atoms with Crippen molar-refractivity contribution in [3.05, 3.63) is 60.9 Å². The Hall–Kier alpha value is -1.96. The predicted molar refractivity (Wildman–Crippen MR) is 210 cm³/mol. The molecule has 0 saturated heterocycles. The normalized spacial score (nSPS) is 14.2. The maximum absolute atomic E-state index is 12.5. The van der Waals surface area contributed by atoms with E-state index in [-0.39, 0.29) is 32.8 Å². The van der Waals surface area contributed by atoms with Crippen molar-refractivity contribution in [1.82, 2.24) is 0 Å². The van der Waals surface area contributed by atoms with Crippen LogP contribution in [0.15, 0.2) is 60.9 Å². The second kappa shape index (κ2) is 38.3. The molecule has 0 saturated carbocycles. The summed E-state index contributed by atoms with van der Waals surface area (Å²) in [5.41, 5.74) is 5.35. The first-order valence-electron chi connectivity index (χ1n) is 19.8. The number of carbonyl (C=O) groups excluding carboxylic acids is 1. The first kappa shape index (κ1) is 48.0. The van der Waals surface area contributed by atoms with Crippen LogP contribution in [0, 0.1) is 0 Å². The van der Waals surface area contributed by atoms with Crippen molar-refractivity contribution in [1.29, 1.82) is 0 Å². The van der Waals surface area contributed by atoms with Crippen molar-refractivity contribution < 1.29 is 32.8 Å². The van der Waals surface area contributed by atoms with Crippen molar-refractivity contribution >= 4 is 13.8 Å². The van der Waals surface area contributed by atoms with Crippen molar-refractivity contribution in [2.45, 2.75) is 168 Å². The van der Waals surface area contributed by atoms with Gasteiger partial charge in [0.25, 0.3) is 0 Å². The van der Waals surface area contributed by atoms with Crippen LogP contribution in [0.4, 0.5) is 0 Å². The quantitative estimate of drug-likeness (QED) is 0.0214. The van der Waals surface area contributed by atoms with Gasteiger partial charge >= 0.3 is 13.8 Å². The van der Waals surface area contributed by atoms with E-state index in [9.17, 15) is 14.3 Å². The minimum absolute atomic E-state index is 0.0111. The van der Waals surface area contributed by atoms with Gasteiger partial charge in [0.1, 0.15) is 6.61 Å². The van der Waals surface area contributed by atoms with Crippen molar-refractivity contribution in [2.75, 3.05) is 26.4 Å². The fourth-order valence-electron chi connectivity index (χ4n) is 5.02. The smallest absolute Gasteiger partial charge is 0.472 e. The van der Waals surface area contributed by atoms with Crippen molar-refractivity contribution in [3.8, 4) is 0 Å². The lowest BCUT2D eigenvalue weighted by Gasteiger charge is -2.19. The molecule has 0 aliphatic carbocycles. The molecule has 3 N–H and O–H groups in total. The van der Waals surface area contributed by atoms with Crippen LogP contribution < -0.4 is 5.73 Å². The number of hydrogen-bond donors (Lipinski definition) is 2. The second-order valence-corrected chi connectivity index (χ2v) is 14.3. The molecule has 0 aromatic rings. The number of rotatable bonds is 37. The number of unbranched alkanes of at least 4 members (excludes halogenated alkanes) is 16. The Balaban J connectivity index is 4.22. The number of ether oxygens (including phenoxy) is 2. The molecule has 0 aliphatic heterocycles. The molecule has 0 rings (SSSR count). The molecule has 9 heteroatoms. The Morgan fingerprint density at radius 1 is 0.620 bits per heavy atom. The lowest BCUT2D eigenvalue weighted by atomic mass is 10.1. The number of hydrogen-bond acceptors (Lipinski definition) is 7. The van der Waals surface area contributed by atoms with Gasteiger partial charge in [-0.05, 0) is 89.5 Å². The Bertz CT molecular complexity index is 947. The van der Waals surface area contributed by atoms with Crippen LogP contribution in [0.2, 0.25) is 0 Å². The number of allylic oxidation sites excluding steroid dienone is 9. The van der Waals surface area contributed by atoms with E-state index >= 15 is 0 Å².